The van der Waals surface area contributed by atoms with Crippen LogP contribution in [0.1, 0.15) is 28.1 Å². The second kappa shape index (κ2) is 5.62. The summed E-state index contributed by atoms with van der Waals surface area (Å²) < 4.78 is 3.45. The van der Waals surface area contributed by atoms with Gasteiger partial charge in [0.05, 0.1) is 11.4 Å². The molecule has 0 amide bonds. The summed E-state index contributed by atoms with van der Waals surface area (Å²) in [7, 11) is 0. The predicted octanol–water partition coefficient (Wildman–Crippen LogP) is 3.65. The summed E-state index contributed by atoms with van der Waals surface area (Å²) in [5.74, 6) is 0. The normalized spacial score (nSPS) is 11.2. The van der Waals surface area contributed by atoms with Gasteiger partial charge >= 0.3 is 9.75 Å². The van der Waals surface area contributed by atoms with Crippen molar-refractivity contribution in [2.75, 3.05) is 0 Å². The Morgan fingerprint density at radius 2 is 1.09 bits per heavy atom. The molecule has 0 saturated carbocycles. The van der Waals surface area contributed by atoms with Crippen molar-refractivity contribution in [1.82, 2.24) is 9.13 Å². The second-order valence-electron chi connectivity index (χ2n) is 5.75. The standard InChI is InChI=1S/C17H18N2O2S2/c1-9-7-22-16(20)18(9)14-6-15(13(5)11(3)12(14)4)19-10(2)8-23-17(19)21/h6-8H,1-5H3. The first-order valence-corrected chi connectivity index (χ1v) is 9.04. The first-order chi connectivity index (χ1) is 10.8. The molecular formula is C17H18N2O2S2. The van der Waals surface area contributed by atoms with Crippen LogP contribution >= 0.6 is 22.7 Å². The van der Waals surface area contributed by atoms with Crippen LogP contribution in [0.3, 0.4) is 0 Å². The molecule has 0 unspecified atom stereocenters. The van der Waals surface area contributed by atoms with Gasteiger partial charge in [-0.25, -0.2) is 0 Å². The van der Waals surface area contributed by atoms with E-state index in [4.69, 9.17) is 0 Å². The van der Waals surface area contributed by atoms with Crippen molar-refractivity contribution in [3.05, 3.63) is 64.2 Å². The van der Waals surface area contributed by atoms with Crippen molar-refractivity contribution < 1.29 is 0 Å². The molecule has 0 aliphatic rings. The summed E-state index contributed by atoms with van der Waals surface area (Å²) in [5.41, 5.74) is 6.76. The lowest BCUT2D eigenvalue weighted by atomic mass is 10.00. The van der Waals surface area contributed by atoms with E-state index in [0.29, 0.717) is 0 Å². The van der Waals surface area contributed by atoms with Crippen LogP contribution in [0.2, 0.25) is 0 Å². The minimum atomic E-state index is -0.00538. The summed E-state index contributed by atoms with van der Waals surface area (Å²) in [4.78, 5) is 24.5. The molecule has 0 N–H and O–H groups in total. The zero-order valence-electron chi connectivity index (χ0n) is 13.8. The molecule has 0 aliphatic heterocycles. The van der Waals surface area contributed by atoms with E-state index < -0.39 is 0 Å². The lowest BCUT2D eigenvalue weighted by Gasteiger charge is -2.18. The molecule has 0 aliphatic carbocycles. The van der Waals surface area contributed by atoms with Crippen molar-refractivity contribution in [3.8, 4) is 11.4 Å². The molecule has 3 aromatic rings. The Bertz CT molecular complexity index is 940. The first kappa shape index (κ1) is 16.0. The van der Waals surface area contributed by atoms with E-state index in [1.54, 1.807) is 9.13 Å². The van der Waals surface area contributed by atoms with Crippen LogP contribution in [0.5, 0.6) is 0 Å². The average molecular weight is 346 g/mol. The molecule has 3 rings (SSSR count). The smallest absolute Gasteiger partial charge is 0.272 e. The number of thiazole rings is 2. The van der Waals surface area contributed by atoms with Crippen LogP contribution in [0, 0.1) is 34.6 Å². The van der Waals surface area contributed by atoms with E-state index in [1.807, 2.05) is 51.4 Å². The number of aromatic nitrogens is 2. The monoisotopic (exact) mass is 346 g/mol. The topological polar surface area (TPSA) is 44.0 Å². The molecule has 0 saturated heterocycles. The fraction of sp³-hybridized carbons (Fsp3) is 0.294. The van der Waals surface area contributed by atoms with Crippen LogP contribution in [0.25, 0.3) is 11.4 Å². The molecule has 0 bridgehead atoms. The molecule has 0 atom stereocenters. The van der Waals surface area contributed by atoms with Crippen LogP contribution in [-0.2, 0) is 0 Å². The molecule has 0 fully saturated rings. The third-order valence-corrected chi connectivity index (χ3v) is 6.07. The zero-order valence-corrected chi connectivity index (χ0v) is 15.4. The summed E-state index contributed by atoms with van der Waals surface area (Å²) in [5, 5.41) is 3.72. The van der Waals surface area contributed by atoms with E-state index in [0.717, 1.165) is 39.5 Å². The highest BCUT2D eigenvalue weighted by atomic mass is 32.1. The average Bonchev–Trinajstić information content (AvgIpc) is 3.01. The van der Waals surface area contributed by atoms with Crippen molar-refractivity contribution in [3.63, 3.8) is 0 Å². The number of hydrogen-bond donors (Lipinski definition) is 0. The third-order valence-electron chi connectivity index (χ3n) is 4.38. The Morgan fingerprint density at radius 1 is 0.696 bits per heavy atom. The molecule has 4 nitrogen and oxygen atoms in total. The quantitative estimate of drug-likeness (QED) is 0.711. The number of aryl methyl sites for hydroxylation is 2. The molecule has 0 spiro atoms. The van der Waals surface area contributed by atoms with Gasteiger partial charge < -0.3 is 0 Å². The SMILES string of the molecule is Cc1c(-n2c(C)csc2=O)cc(-n2c(C)csc2=O)c(C)c1C. The minimum Gasteiger partial charge on any atom is -0.272 e. The Kier molecular flexibility index (Phi) is 3.90. The lowest BCUT2D eigenvalue weighted by molar-refractivity contribution is 0.928. The van der Waals surface area contributed by atoms with Crippen LogP contribution in [-0.4, -0.2) is 9.13 Å². The van der Waals surface area contributed by atoms with Gasteiger partial charge in [-0.1, -0.05) is 22.7 Å². The zero-order chi connectivity index (χ0) is 16.9. The summed E-state index contributed by atoms with van der Waals surface area (Å²) in [6, 6.07) is 1.96. The maximum atomic E-state index is 12.2. The fourth-order valence-corrected chi connectivity index (χ4v) is 4.27. The highest BCUT2D eigenvalue weighted by Gasteiger charge is 2.17. The minimum absolute atomic E-state index is 0.00538. The Labute approximate surface area is 142 Å². The van der Waals surface area contributed by atoms with E-state index >= 15 is 0 Å². The first-order valence-electron chi connectivity index (χ1n) is 7.28. The van der Waals surface area contributed by atoms with Crippen LogP contribution in [0.15, 0.2) is 26.4 Å². The third kappa shape index (κ3) is 2.42. The number of hydrogen-bond acceptors (Lipinski definition) is 4. The van der Waals surface area contributed by atoms with Crippen LogP contribution < -0.4 is 9.75 Å². The molecule has 1 aromatic carbocycles. The maximum absolute atomic E-state index is 12.2. The molecule has 2 aromatic heterocycles. The van der Waals surface area contributed by atoms with Crippen molar-refractivity contribution in [2.45, 2.75) is 34.6 Å². The second-order valence-corrected chi connectivity index (χ2v) is 7.39. The molecular weight excluding hydrogens is 328 g/mol. The van der Waals surface area contributed by atoms with Gasteiger partial charge in [-0.05, 0) is 57.4 Å². The number of benzene rings is 1. The largest absolute Gasteiger partial charge is 0.311 e. The predicted molar refractivity (Wildman–Crippen MR) is 97.1 cm³/mol. The Morgan fingerprint density at radius 3 is 1.39 bits per heavy atom. The van der Waals surface area contributed by atoms with Gasteiger partial charge in [-0.2, -0.15) is 0 Å². The molecule has 23 heavy (non-hydrogen) atoms. The molecule has 6 heteroatoms. The number of rotatable bonds is 2. The maximum Gasteiger partial charge on any atom is 0.311 e. The van der Waals surface area contributed by atoms with Gasteiger partial charge in [-0.15, -0.1) is 0 Å². The van der Waals surface area contributed by atoms with Gasteiger partial charge in [0, 0.05) is 22.1 Å². The lowest BCUT2D eigenvalue weighted by Crippen LogP contribution is -2.18. The van der Waals surface area contributed by atoms with Gasteiger partial charge in [0.25, 0.3) is 0 Å². The molecule has 120 valence electrons. The van der Waals surface area contributed by atoms with E-state index in [2.05, 4.69) is 0 Å². The van der Waals surface area contributed by atoms with Crippen molar-refractivity contribution in [2.24, 2.45) is 0 Å². The van der Waals surface area contributed by atoms with Crippen molar-refractivity contribution >= 4 is 22.7 Å². The molecule has 2 heterocycles. The van der Waals surface area contributed by atoms with E-state index in [9.17, 15) is 9.59 Å². The van der Waals surface area contributed by atoms with E-state index in [-0.39, 0.29) is 9.75 Å². The number of nitrogens with zero attached hydrogens (tertiary/aromatic N) is 2. The fourth-order valence-electron chi connectivity index (χ4n) is 2.82. The van der Waals surface area contributed by atoms with Gasteiger partial charge in [0.15, 0.2) is 0 Å². The highest BCUT2D eigenvalue weighted by Crippen LogP contribution is 2.28. The summed E-state index contributed by atoms with van der Waals surface area (Å²) in [6.45, 7) is 9.93. The highest BCUT2D eigenvalue weighted by molar-refractivity contribution is 7.07. The Balaban J connectivity index is 2.41. The van der Waals surface area contributed by atoms with Crippen molar-refractivity contribution in [1.29, 1.82) is 0 Å². The van der Waals surface area contributed by atoms with Crippen LogP contribution in [0.4, 0.5) is 0 Å². The van der Waals surface area contributed by atoms with Gasteiger partial charge in [0.1, 0.15) is 0 Å². The Hall–Kier alpha value is -1.92. The van der Waals surface area contributed by atoms with E-state index in [1.165, 1.54) is 22.7 Å². The van der Waals surface area contributed by atoms with Gasteiger partial charge in [0.2, 0.25) is 0 Å². The summed E-state index contributed by atoms with van der Waals surface area (Å²) in [6.07, 6.45) is 0. The molecule has 0 radical (unpaired) electrons. The van der Waals surface area contributed by atoms with Gasteiger partial charge in [-0.3, -0.25) is 18.7 Å². The summed E-state index contributed by atoms with van der Waals surface area (Å²) >= 11 is 2.39.